The normalized spacial score (nSPS) is 14.3. The standard InChI is InChI=1S/C26H50O4/c1-5-8-10-11-13-16-19-23(20-17-14-12-15-18-21-24(27)28)25(29)30-26(4,7-3)22-9-6-2/h23H,5-22H2,1-4H3,(H,27,28). The van der Waals surface area contributed by atoms with Crippen molar-refractivity contribution in [1.29, 1.82) is 0 Å². The largest absolute Gasteiger partial charge is 0.481 e. The summed E-state index contributed by atoms with van der Waals surface area (Å²) in [5.41, 5.74) is -0.330. The molecule has 0 aromatic heterocycles. The molecule has 30 heavy (non-hydrogen) atoms. The third kappa shape index (κ3) is 15.7. The summed E-state index contributed by atoms with van der Waals surface area (Å²) in [4.78, 5) is 23.6. The number of carboxylic acids is 1. The van der Waals surface area contributed by atoms with Gasteiger partial charge in [-0.05, 0) is 45.4 Å². The van der Waals surface area contributed by atoms with Gasteiger partial charge in [-0.3, -0.25) is 9.59 Å². The van der Waals surface area contributed by atoms with Gasteiger partial charge in [0.25, 0.3) is 0 Å². The van der Waals surface area contributed by atoms with Crippen LogP contribution in [0.5, 0.6) is 0 Å². The Morgan fingerprint density at radius 2 is 1.27 bits per heavy atom. The fourth-order valence-corrected chi connectivity index (χ4v) is 3.93. The van der Waals surface area contributed by atoms with Crippen LogP contribution in [-0.4, -0.2) is 22.6 Å². The third-order valence-corrected chi connectivity index (χ3v) is 6.34. The fourth-order valence-electron chi connectivity index (χ4n) is 3.93. The van der Waals surface area contributed by atoms with E-state index in [1.807, 2.05) is 0 Å². The van der Waals surface area contributed by atoms with Crippen LogP contribution < -0.4 is 0 Å². The lowest BCUT2D eigenvalue weighted by Gasteiger charge is -2.30. The third-order valence-electron chi connectivity index (χ3n) is 6.34. The molecular formula is C26H50O4. The summed E-state index contributed by atoms with van der Waals surface area (Å²) >= 11 is 0. The number of esters is 1. The van der Waals surface area contributed by atoms with Gasteiger partial charge in [0.05, 0.1) is 5.92 Å². The number of carbonyl (C=O) groups is 2. The van der Waals surface area contributed by atoms with E-state index < -0.39 is 5.97 Å². The van der Waals surface area contributed by atoms with Crippen LogP contribution in [0, 0.1) is 5.92 Å². The molecule has 0 bridgehead atoms. The average molecular weight is 427 g/mol. The fraction of sp³-hybridized carbons (Fsp3) is 0.923. The quantitative estimate of drug-likeness (QED) is 0.149. The molecule has 2 unspecified atom stereocenters. The second kappa shape index (κ2) is 18.7. The van der Waals surface area contributed by atoms with Crippen LogP contribution in [0.15, 0.2) is 0 Å². The molecule has 178 valence electrons. The minimum absolute atomic E-state index is 0.00916. The van der Waals surface area contributed by atoms with Crippen LogP contribution in [0.3, 0.4) is 0 Å². The highest BCUT2D eigenvalue weighted by Gasteiger charge is 2.29. The van der Waals surface area contributed by atoms with Crippen LogP contribution in [-0.2, 0) is 14.3 Å². The van der Waals surface area contributed by atoms with E-state index in [0.29, 0.717) is 0 Å². The molecular weight excluding hydrogens is 376 g/mol. The van der Waals surface area contributed by atoms with Gasteiger partial charge in [-0.25, -0.2) is 0 Å². The Morgan fingerprint density at radius 1 is 0.767 bits per heavy atom. The van der Waals surface area contributed by atoms with Gasteiger partial charge < -0.3 is 9.84 Å². The van der Waals surface area contributed by atoms with E-state index >= 15 is 0 Å². The Bertz CT molecular complexity index is 435. The van der Waals surface area contributed by atoms with Gasteiger partial charge in [-0.15, -0.1) is 0 Å². The zero-order chi connectivity index (χ0) is 22.7. The van der Waals surface area contributed by atoms with Gasteiger partial charge in [0.1, 0.15) is 5.60 Å². The van der Waals surface area contributed by atoms with Gasteiger partial charge in [0.15, 0.2) is 0 Å². The van der Waals surface area contributed by atoms with Gasteiger partial charge in [-0.2, -0.15) is 0 Å². The molecule has 2 atom stereocenters. The van der Waals surface area contributed by atoms with E-state index in [-0.39, 0.29) is 23.9 Å². The first-order valence-corrected chi connectivity index (χ1v) is 12.8. The summed E-state index contributed by atoms with van der Waals surface area (Å²) in [5, 5.41) is 8.72. The van der Waals surface area contributed by atoms with Crippen molar-refractivity contribution in [2.24, 2.45) is 5.92 Å². The Morgan fingerprint density at radius 3 is 1.77 bits per heavy atom. The summed E-state index contributed by atoms with van der Waals surface area (Å²) in [5.74, 6) is -0.684. The Hall–Kier alpha value is -1.06. The van der Waals surface area contributed by atoms with E-state index in [4.69, 9.17) is 9.84 Å². The number of carbonyl (C=O) groups excluding carboxylic acids is 1. The first kappa shape index (κ1) is 28.9. The van der Waals surface area contributed by atoms with Crippen molar-refractivity contribution in [3.63, 3.8) is 0 Å². The molecule has 0 aliphatic rings. The molecule has 1 N–H and O–H groups in total. The van der Waals surface area contributed by atoms with Crippen molar-refractivity contribution in [2.45, 2.75) is 149 Å². The molecule has 0 aliphatic heterocycles. The van der Waals surface area contributed by atoms with Crippen molar-refractivity contribution in [3.05, 3.63) is 0 Å². The van der Waals surface area contributed by atoms with Gasteiger partial charge >= 0.3 is 11.9 Å². The summed E-state index contributed by atoms with van der Waals surface area (Å²) in [6, 6.07) is 0. The predicted octanol–water partition coefficient (Wildman–Crippen LogP) is 8.07. The van der Waals surface area contributed by atoms with Gasteiger partial charge in [0.2, 0.25) is 0 Å². The molecule has 0 spiro atoms. The van der Waals surface area contributed by atoms with E-state index in [9.17, 15) is 9.59 Å². The molecule has 4 heteroatoms. The summed E-state index contributed by atoms with van der Waals surface area (Å²) < 4.78 is 6.06. The van der Waals surface area contributed by atoms with Crippen LogP contribution in [0.4, 0.5) is 0 Å². The minimum Gasteiger partial charge on any atom is -0.481 e. The zero-order valence-corrected chi connectivity index (χ0v) is 20.5. The monoisotopic (exact) mass is 426 g/mol. The second-order valence-electron chi connectivity index (χ2n) is 9.28. The molecule has 0 aromatic carbocycles. The Kier molecular flexibility index (Phi) is 18.0. The number of carboxylic acid groups (broad SMARTS) is 1. The van der Waals surface area contributed by atoms with E-state index in [0.717, 1.165) is 77.0 Å². The number of hydrogen-bond acceptors (Lipinski definition) is 3. The molecule has 0 amide bonds. The predicted molar refractivity (Wildman–Crippen MR) is 126 cm³/mol. The highest BCUT2D eigenvalue weighted by molar-refractivity contribution is 5.72. The number of rotatable bonds is 21. The molecule has 0 heterocycles. The first-order valence-electron chi connectivity index (χ1n) is 12.8. The highest BCUT2D eigenvalue weighted by Crippen LogP contribution is 2.27. The van der Waals surface area contributed by atoms with Crippen LogP contribution in [0.1, 0.15) is 143 Å². The van der Waals surface area contributed by atoms with Crippen molar-refractivity contribution >= 4 is 11.9 Å². The van der Waals surface area contributed by atoms with E-state index in [2.05, 4.69) is 27.7 Å². The summed E-state index contributed by atoms with van der Waals surface area (Å²) in [7, 11) is 0. The molecule has 0 radical (unpaired) electrons. The highest BCUT2D eigenvalue weighted by atomic mass is 16.6. The number of ether oxygens (including phenoxy) is 1. The SMILES string of the molecule is CCCCCCCCC(CCCCCCCC(=O)O)C(=O)OC(C)(CC)CCCC. The Labute approximate surface area is 186 Å². The first-order chi connectivity index (χ1) is 14.4. The molecule has 0 saturated heterocycles. The number of aliphatic carboxylic acids is 1. The van der Waals surface area contributed by atoms with Gasteiger partial charge in [0, 0.05) is 6.42 Å². The lowest BCUT2D eigenvalue weighted by molar-refractivity contribution is -0.165. The summed E-state index contributed by atoms with van der Waals surface area (Å²) in [6.45, 7) is 8.61. The number of unbranched alkanes of at least 4 members (excludes halogenated alkanes) is 10. The van der Waals surface area contributed by atoms with Crippen LogP contribution in [0.2, 0.25) is 0 Å². The second-order valence-corrected chi connectivity index (χ2v) is 9.28. The van der Waals surface area contributed by atoms with E-state index in [1.54, 1.807) is 0 Å². The van der Waals surface area contributed by atoms with Crippen LogP contribution >= 0.6 is 0 Å². The maximum atomic E-state index is 13.0. The minimum atomic E-state index is -0.709. The molecule has 4 nitrogen and oxygen atoms in total. The molecule has 0 fully saturated rings. The van der Waals surface area contributed by atoms with Gasteiger partial charge in [-0.1, -0.05) is 91.4 Å². The van der Waals surface area contributed by atoms with E-state index in [1.165, 1.54) is 32.1 Å². The summed E-state index contributed by atoms with van der Waals surface area (Å²) in [6.07, 6.45) is 18.4. The van der Waals surface area contributed by atoms with Crippen molar-refractivity contribution < 1.29 is 19.4 Å². The molecule has 0 rings (SSSR count). The molecule has 0 aromatic rings. The molecule has 0 saturated carbocycles. The topological polar surface area (TPSA) is 63.6 Å². The average Bonchev–Trinajstić information content (AvgIpc) is 2.72. The Balaban J connectivity index is 4.49. The van der Waals surface area contributed by atoms with Crippen molar-refractivity contribution in [3.8, 4) is 0 Å². The maximum Gasteiger partial charge on any atom is 0.309 e. The van der Waals surface area contributed by atoms with Crippen molar-refractivity contribution in [2.75, 3.05) is 0 Å². The lowest BCUT2D eigenvalue weighted by atomic mass is 9.92. The number of hydrogen-bond donors (Lipinski definition) is 1. The lowest BCUT2D eigenvalue weighted by Crippen LogP contribution is -2.34. The smallest absolute Gasteiger partial charge is 0.309 e. The molecule has 0 aliphatic carbocycles. The van der Waals surface area contributed by atoms with Crippen molar-refractivity contribution in [1.82, 2.24) is 0 Å². The van der Waals surface area contributed by atoms with Crippen LogP contribution in [0.25, 0.3) is 0 Å². The zero-order valence-electron chi connectivity index (χ0n) is 20.5. The maximum absolute atomic E-state index is 13.0.